The van der Waals surface area contributed by atoms with Gasteiger partial charge in [0.05, 0.1) is 0 Å². The van der Waals surface area contributed by atoms with Gasteiger partial charge in [-0.1, -0.05) is 32.9 Å². The van der Waals surface area contributed by atoms with Gasteiger partial charge in [0, 0.05) is 16.7 Å². The van der Waals surface area contributed by atoms with Crippen LogP contribution in [0.5, 0.6) is 0 Å². The van der Waals surface area contributed by atoms with Gasteiger partial charge >= 0.3 is 0 Å². The molecule has 1 fully saturated rings. The van der Waals surface area contributed by atoms with Crippen LogP contribution in [0.1, 0.15) is 45.6 Å². The Labute approximate surface area is 122 Å². The summed E-state index contributed by atoms with van der Waals surface area (Å²) in [4.78, 5) is 1.44. The van der Waals surface area contributed by atoms with Crippen LogP contribution in [-0.4, -0.2) is 11.8 Å². The lowest BCUT2D eigenvalue weighted by molar-refractivity contribution is 0.309. The summed E-state index contributed by atoms with van der Waals surface area (Å²) in [5.41, 5.74) is 1.39. The molecule has 2 rings (SSSR count). The Kier molecular flexibility index (Phi) is 5.77. The third-order valence-electron chi connectivity index (χ3n) is 3.94. The largest absolute Gasteiger partial charge is 0.313 e. The highest BCUT2D eigenvalue weighted by molar-refractivity contribution is 8.00. The van der Waals surface area contributed by atoms with E-state index in [1.54, 1.807) is 0 Å². The van der Waals surface area contributed by atoms with Gasteiger partial charge in [-0.25, -0.2) is 0 Å². The van der Waals surface area contributed by atoms with Gasteiger partial charge in [0.25, 0.3) is 0 Å². The van der Waals surface area contributed by atoms with Gasteiger partial charge in [-0.2, -0.15) is 0 Å². The monoisotopic (exact) mass is 277 g/mol. The fourth-order valence-corrected chi connectivity index (χ4v) is 4.64. The molecule has 2 unspecified atom stereocenters. The normalized spacial score (nSPS) is 27.4. The molecule has 1 nitrogen and oxygen atoms in total. The molecule has 1 saturated carbocycles. The first-order valence-electron chi connectivity index (χ1n) is 7.63. The summed E-state index contributed by atoms with van der Waals surface area (Å²) in [5, 5.41) is 4.19. The van der Waals surface area contributed by atoms with Crippen LogP contribution in [0.3, 0.4) is 0 Å². The molecule has 0 aromatic heterocycles. The second-order valence-corrected chi connectivity index (χ2v) is 7.46. The Morgan fingerprint density at radius 2 is 1.68 bits per heavy atom. The van der Waals surface area contributed by atoms with E-state index in [4.69, 9.17) is 0 Å². The molecule has 0 aliphatic heterocycles. The quantitative estimate of drug-likeness (QED) is 0.836. The van der Waals surface area contributed by atoms with Crippen molar-refractivity contribution in [1.82, 2.24) is 5.32 Å². The van der Waals surface area contributed by atoms with Gasteiger partial charge in [0.1, 0.15) is 0 Å². The molecule has 1 aliphatic rings. The Morgan fingerprint density at radius 1 is 1.05 bits per heavy atom. The average Bonchev–Trinajstić information content (AvgIpc) is 2.37. The van der Waals surface area contributed by atoms with Gasteiger partial charge in [-0.05, 0) is 55.3 Å². The summed E-state index contributed by atoms with van der Waals surface area (Å²) in [6.45, 7) is 8.98. The number of thioether (sulfide) groups is 1. The molecular formula is C17H27NS. The highest BCUT2D eigenvalue weighted by Crippen LogP contribution is 2.38. The van der Waals surface area contributed by atoms with Crippen LogP contribution >= 0.6 is 11.8 Å². The molecule has 1 aromatic rings. The van der Waals surface area contributed by atoms with Gasteiger partial charge in [-0.3, -0.25) is 0 Å². The molecule has 0 spiro atoms. The standard InChI is InChI=1S/C17H27NS/c1-4-18-12-15-5-7-16(8-6-15)19-17-10-13(2)9-14(3)11-17/h5-8,13-14,17-18H,4,9-12H2,1-3H3. The van der Waals surface area contributed by atoms with Gasteiger partial charge in [0.15, 0.2) is 0 Å². The number of hydrogen-bond donors (Lipinski definition) is 1. The van der Waals surface area contributed by atoms with Crippen LogP contribution in [0.15, 0.2) is 29.2 Å². The van der Waals surface area contributed by atoms with Crippen LogP contribution in [0.2, 0.25) is 0 Å². The smallest absolute Gasteiger partial charge is 0.0205 e. The van der Waals surface area contributed by atoms with Crippen LogP contribution in [-0.2, 0) is 6.54 Å². The Morgan fingerprint density at radius 3 is 2.26 bits per heavy atom. The van der Waals surface area contributed by atoms with E-state index in [-0.39, 0.29) is 0 Å². The Bertz CT molecular complexity index is 363. The average molecular weight is 277 g/mol. The molecular weight excluding hydrogens is 250 g/mol. The zero-order chi connectivity index (χ0) is 13.7. The molecule has 0 radical (unpaired) electrons. The van der Waals surface area contributed by atoms with E-state index in [0.29, 0.717) is 0 Å². The summed E-state index contributed by atoms with van der Waals surface area (Å²) in [7, 11) is 0. The molecule has 106 valence electrons. The van der Waals surface area contributed by atoms with Crippen LogP contribution < -0.4 is 5.32 Å². The SMILES string of the molecule is CCNCc1ccc(SC2CC(C)CC(C)C2)cc1. The van der Waals surface area contributed by atoms with E-state index in [9.17, 15) is 0 Å². The first-order chi connectivity index (χ1) is 9.17. The van der Waals surface area contributed by atoms with E-state index >= 15 is 0 Å². The molecule has 19 heavy (non-hydrogen) atoms. The molecule has 0 saturated heterocycles. The molecule has 0 amide bonds. The van der Waals surface area contributed by atoms with Gasteiger partial charge in [-0.15, -0.1) is 11.8 Å². The molecule has 2 atom stereocenters. The minimum atomic E-state index is 0.818. The summed E-state index contributed by atoms with van der Waals surface area (Å²) < 4.78 is 0. The van der Waals surface area contributed by atoms with Crippen molar-refractivity contribution in [1.29, 1.82) is 0 Å². The van der Waals surface area contributed by atoms with E-state index in [2.05, 4.69) is 62.1 Å². The van der Waals surface area contributed by atoms with Crippen molar-refractivity contribution in [3.8, 4) is 0 Å². The maximum Gasteiger partial charge on any atom is 0.0205 e. The van der Waals surface area contributed by atoms with E-state index in [1.807, 2.05) is 0 Å². The zero-order valence-corrected chi connectivity index (χ0v) is 13.3. The van der Waals surface area contributed by atoms with Crippen molar-refractivity contribution in [2.45, 2.75) is 56.7 Å². The van der Waals surface area contributed by atoms with Crippen molar-refractivity contribution in [3.63, 3.8) is 0 Å². The number of nitrogens with one attached hydrogen (secondary N) is 1. The fourth-order valence-electron chi connectivity index (χ4n) is 3.12. The lowest BCUT2D eigenvalue weighted by Gasteiger charge is -2.31. The molecule has 0 bridgehead atoms. The number of benzene rings is 1. The van der Waals surface area contributed by atoms with Crippen molar-refractivity contribution < 1.29 is 0 Å². The van der Waals surface area contributed by atoms with Gasteiger partial charge < -0.3 is 5.32 Å². The van der Waals surface area contributed by atoms with Gasteiger partial charge in [0.2, 0.25) is 0 Å². The third-order valence-corrected chi connectivity index (χ3v) is 5.20. The number of rotatable bonds is 5. The summed E-state index contributed by atoms with van der Waals surface area (Å²) in [6, 6.07) is 9.11. The second-order valence-electron chi connectivity index (χ2n) is 6.08. The second kappa shape index (κ2) is 7.35. The Hall–Kier alpha value is -0.470. The van der Waals surface area contributed by atoms with E-state index < -0.39 is 0 Å². The first-order valence-corrected chi connectivity index (χ1v) is 8.51. The minimum Gasteiger partial charge on any atom is -0.313 e. The maximum absolute atomic E-state index is 3.37. The highest BCUT2D eigenvalue weighted by Gasteiger charge is 2.24. The van der Waals surface area contributed by atoms with E-state index in [0.717, 1.165) is 30.2 Å². The lowest BCUT2D eigenvalue weighted by atomic mass is 9.83. The molecule has 1 aliphatic carbocycles. The van der Waals surface area contributed by atoms with Crippen molar-refractivity contribution in [2.75, 3.05) is 6.54 Å². The highest BCUT2D eigenvalue weighted by atomic mass is 32.2. The maximum atomic E-state index is 3.37. The summed E-state index contributed by atoms with van der Waals surface area (Å²) in [5.74, 6) is 1.79. The molecule has 2 heteroatoms. The summed E-state index contributed by atoms with van der Waals surface area (Å²) in [6.07, 6.45) is 4.18. The fraction of sp³-hybridized carbons (Fsp3) is 0.647. The van der Waals surface area contributed by atoms with Crippen molar-refractivity contribution in [2.24, 2.45) is 11.8 Å². The third kappa shape index (κ3) is 4.85. The lowest BCUT2D eigenvalue weighted by Crippen LogP contribution is -2.21. The molecule has 0 heterocycles. The number of hydrogen-bond acceptors (Lipinski definition) is 2. The van der Waals surface area contributed by atoms with E-state index in [1.165, 1.54) is 29.7 Å². The van der Waals surface area contributed by atoms with Crippen LogP contribution in [0.25, 0.3) is 0 Å². The summed E-state index contributed by atoms with van der Waals surface area (Å²) >= 11 is 2.08. The van der Waals surface area contributed by atoms with Crippen LogP contribution in [0.4, 0.5) is 0 Å². The predicted octanol–water partition coefficient (Wildman–Crippen LogP) is 4.71. The van der Waals surface area contributed by atoms with Crippen molar-refractivity contribution in [3.05, 3.63) is 29.8 Å². The van der Waals surface area contributed by atoms with Crippen LogP contribution in [0, 0.1) is 11.8 Å². The molecule has 1 aromatic carbocycles. The topological polar surface area (TPSA) is 12.0 Å². The van der Waals surface area contributed by atoms with Crippen molar-refractivity contribution >= 4 is 11.8 Å². The first kappa shape index (κ1) is 14.9. The minimum absolute atomic E-state index is 0.818. The Balaban J connectivity index is 1.88. The predicted molar refractivity (Wildman–Crippen MR) is 85.6 cm³/mol. The molecule has 1 N–H and O–H groups in total. The zero-order valence-electron chi connectivity index (χ0n) is 12.5.